The number of aromatic nitrogens is 2. The van der Waals surface area contributed by atoms with Crippen LogP contribution in [-0.4, -0.2) is 37.7 Å². The van der Waals surface area contributed by atoms with Gasteiger partial charge >= 0.3 is 5.97 Å². The number of amides is 1. The summed E-state index contributed by atoms with van der Waals surface area (Å²) < 4.78 is 0. The Morgan fingerprint density at radius 3 is 2.62 bits per heavy atom. The van der Waals surface area contributed by atoms with Crippen LogP contribution in [0, 0.1) is 0 Å². The molecular formula is C21H17ClN4O3. The zero-order valence-electron chi connectivity index (χ0n) is 15.3. The quantitative estimate of drug-likeness (QED) is 0.692. The van der Waals surface area contributed by atoms with Gasteiger partial charge in [0.25, 0.3) is 0 Å². The van der Waals surface area contributed by atoms with Crippen LogP contribution in [0.15, 0.2) is 60.0 Å². The van der Waals surface area contributed by atoms with E-state index in [0.717, 1.165) is 27.9 Å². The van der Waals surface area contributed by atoms with Crippen molar-refractivity contribution < 1.29 is 14.7 Å². The molecule has 2 heterocycles. The van der Waals surface area contributed by atoms with Crippen molar-refractivity contribution in [1.82, 2.24) is 15.0 Å². The van der Waals surface area contributed by atoms with Crippen molar-refractivity contribution in [3.05, 3.63) is 71.0 Å². The Bertz CT molecular complexity index is 1130. The summed E-state index contributed by atoms with van der Waals surface area (Å²) in [6, 6.07) is 12.6. The molecule has 29 heavy (non-hydrogen) atoms. The molecule has 0 saturated heterocycles. The van der Waals surface area contributed by atoms with Crippen LogP contribution in [-0.2, 0) is 9.59 Å². The monoisotopic (exact) mass is 408 g/mol. The average Bonchev–Trinajstić information content (AvgIpc) is 3.17. The van der Waals surface area contributed by atoms with Crippen molar-refractivity contribution in [2.45, 2.75) is 25.3 Å². The number of hydrogen-bond donors (Lipinski definition) is 1. The van der Waals surface area contributed by atoms with E-state index in [0.29, 0.717) is 11.4 Å². The fraction of sp³-hybridized carbons (Fsp3) is 0.190. The van der Waals surface area contributed by atoms with Gasteiger partial charge in [0.05, 0.1) is 29.2 Å². The number of benzene rings is 2. The fourth-order valence-electron chi connectivity index (χ4n) is 3.36. The number of rotatable bonds is 5. The predicted molar refractivity (Wildman–Crippen MR) is 109 cm³/mol. The highest BCUT2D eigenvalue weighted by atomic mass is 35.5. The van der Waals surface area contributed by atoms with Crippen LogP contribution in [0.25, 0.3) is 11.0 Å². The molecule has 0 fully saturated rings. The van der Waals surface area contributed by atoms with Crippen LogP contribution < -0.4 is 0 Å². The predicted octanol–water partition coefficient (Wildman–Crippen LogP) is 3.83. The standard InChI is InChI=1S/C21H17ClN4O3/c22-15-3-1-2-13(10-15)17-12-19(26(25-17)20(27)6-7-21(28)29)14-4-5-16-18(11-14)24-9-8-23-16/h1-5,8-11,19H,6-7,12H2,(H,28,29). The maximum atomic E-state index is 12.7. The van der Waals surface area contributed by atoms with Crippen LogP contribution in [0.3, 0.4) is 0 Å². The van der Waals surface area contributed by atoms with Gasteiger partial charge in [-0.2, -0.15) is 5.10 Å². The molecule has 1 aromatic heterocycles. The highest BCUT2D eigenvalue weighted by Crippen LogP contribution is 2.34. The largest absolute Gasteiger partial charge is 0.481 e. The van der Waals surface area contributed by atoms with E-state index in [1.165, 1.54) is 5.01 Å². The number of hydrogen-bond acceptors (Lipinski definition) is 5. The number of aliphatic carboxylic acids is 1. The number of fused-ring (bicyclic) bond motifs is 1. The Morgan fingerprint density at radius 1 is 1.07 bits per heavy atom. The van der Waals surface area contributed by atoms with Gasteiger partial charge in [-0.05, 0) is 35.4 Å². The molecule has 8 heteroatoms. The van der Waals surface area contributed by atoms with Gasteiger partial charge in [-0.1, -0.05) is 29.8 Å². The molecule has 0 radical (unpaired) electrons. The van der Waals surface area contributed by atoms with Gasteiger partial charge in [0.15, 0.2) is 0 Å². The Kier molecular flexibility index (Phi) is 5.22. The third-order valence-electron chi connectivity index (χ3n) is 4.75. The summed E-state index contributed by atoms with van der Waals surface area (Å²) in [4.78, 5) is 32.3. The minimum atomic E-state index is -1.02. The van der Waals surface area contributed by atoms with Crippen LogP contribution in [0.4, 0.5) is 0 Å². The zero-order valence-corrected chi connectivity index (χ0v) is 16.1. The lowest BCUT2D eigenvalue weighted by molar-refractivity contribution is -0.141. The molecule has 1 N–H and O–H groups in total. The minimum absolute atomic E-state index is 0.119. The highest BCUT2D eigenvalue weighted by molar-refractivity contribution is 6.31. The fourth-order valence-corrected chi connectivity index (χ4v) is 3.55. The third kappa shape index (κ3) is 4.09. The summed E-state index contributed by atoms with van der Waals surface area (Å²) in [5.74, 6) is -1.36. The lowest BCUT2D eigenvalue weighted by Crippen LogP contribution is -2.27. The summed E-state index contributed by atoms with van der Waals surface area (Å²) in [7, 11) is 0. The van der Waals surface area contributed by atoms with Gasteiger partial charge in [0.1, 0.15) is 0 Å². The van der Waals surface area contributed by atoms with Crippen LogP contribution in [0.5, 0.6) is 0 Å². The van der Waals surface area contributed by atoms with Crippen molar-refractivity contribution >= 4 is 40.2 Å². The second-order valence-electron chi connectivity index (χ2n) is 6.71. The average molecular weight is 409 g/mol. The SMILES string of the molecule is O=C(O)CCC(=O)N1N=C(c2cccc(Cl)c2)CC1c1ccc2nccnc2c1. The number of nitrogens with zero attached hydrogens (tertiary/aromatic N) is 4. The van der Waals surface area contributed by atoms with Crippen molar-refractivity contribution in [1.29, 1.82) is 0 Å². The van der Waals surface area contributed by atoms with Crippen molar-refractivity contribution in [2.75, 3.05) is 0 Å². The van der Waals surface area contributed by atoms with Crippen LogP contribution >= 0.6 is 11.6 Å². The van der Waals surface area contributed by atoms with E-state index < -0.39 is 5.97 Å². The normalized spacial score (nSPS) is 16.1. The summed E-state index contributed by atoms with van der Waals surface area (Å²) in [6.07, 6.45) is 3.37. The molecule has 1 aliphatic heterocycles. The van der Waals surface area contributed by atoms with Crippen molar-refractivity contribution in [3.63, 3.8) is 0 Å². The Balaban J connectivity index is 1.70. The smallest absolute Gasteiger partial charge is 0.303 e. The molecule has 2 aromatic carbocycles. The van der Waals surface area contributed by atoms with Crippen LogP contribution in [0.2, 0.25) is 5.02 Å². The molecule has 0 saturated carbocycles. The molecule has 0 bridgehead atoms. The van der Waals surface area contributed by atoms with Crippen LogP contribution in [0.1, 0.15) is 36.4 Å². The molecule has 0 spiro atoms. The van der Waals surface area contributed by atoms with Crippen molar-refractivity contribution in [2.24, 2.45) is 5.10 Å². The molecule has 1 atom stereocenters. The molecule has 3 aromatic rings. The highest BCUT2D eigenvalue weighted by Gasteiger charge is 2.33. The Morgan fingerprint density at radius 2 is 1.86 bits per heavy atom. The molecule has 1 aliphatic rings. The molecule has 4 rings (SSSR count). The number of halogens is 1. The van der Waals surface area contributed by atoms with E-state index >= 15 is 0 Å². The molecule has 146 valence electrons. The van der Waals surface area contributed by atoms with Gasteiger partial charge in [0.2, 0.25) is 5.91 Å². The summed E-state index contributed by atoms with van der Waals surface area (Å²) in [6.45, 7) is 0. The number of carbonyl (C=O) groups is 2. The van der Waals surface area contributed by atoms with E-state index in [-0.39, 0.29) is 24.8 Å². The van der Waals surface area contributed by atoms with Crippen molar-refractivity contribution in [3.8, 4) is 0 Å². The van der Waals surface area contributed by atoms with E-state index in [2.05, 4.69) is 15.1 Å². The topological polar surface area (TPSA) is 95.8 Å². The number of hydrazone groups is 1. The summed E-state index contributed by atoms with van der Waals surface area (Å²) in [5, 5.41) is 15.4. The van der Waals surface area contributed by atoms with Gasteiger partial charge in [-0.15, -0.1) is 0 Å². The second kappa shape index (κ2) is 7.97. The van der Waals surface area contributed by atoms with Gasteiger partial charge < -0.3 is 5.11 Å². The summed E-state index contributed by atoms with van der Waals surface area (Å²) >= 11 is 6.11. The zero-order chi connectivity index (χ0) is 20.4. The Hall–Kier alpha value is -3.32. The lowest BCUT2D eigenvalue weighted by Gasteiger charge is -2.22. The maximum Gasteiger partial charge on any atom is 0.303 e. The van der Waals surface area contributed by atoms with E-state index in [4.69, 9.17) is 16.7 Å². The molecule has 7 nitrogen and oxygen atoms in total. The Labute approximate surface area is 171 Å². The molecular weight excluding hydrogens is 392 g/mol. The maximum absolute atomic E-state index is 12.7. The third-order valence-corrected chi connectivity index (χ3v) is 4.99. The first-order valence-electron chi connectivity index (χ1n) is 9.09. The molecule has 1 unspecified atom stereocenters. The van der Waals surface area contributed by atoms with E-state index in [1.807, 2.05) is 30.3 Å². The lowest BCUT2D eigenvalue weighted by atomic mass is 9.98. The van der Waals surface area contributed by atoms with E-state index in [9.17, 15) is 9.59 Å². The molecule has 1 amide bonds. The first kappa shape index (κ1) is 19.0. The molecule has 0 aliphatic carbocycles. The van der Waals surface area contributed by atoms with Gasteiger partial charge in [-0.25, -0.2) is 5.01 Å². The van der Waals surface area contributed by atoms with Gasteiger partial charge in [-0.3, -0.25) is 19.6 Å². The number of carboxylic acids is 1. The first-order chi connectivity index (χ1) is 14.0. The number of carbonyl (C=O) groups excluding carboxylic acids is 1. The van der Waals surface area contributed by atoms with Gasteiger partial charge in [0, 0.05) is 30.3 Å². The van der Waals surface area contributed by atoms with E-state index in [1.54, 1.807) is 24.5 Å². The summed E-state index contributed by atoms with van der Waals surface area (Å²) in [5.41, 5.74) is 3.90. The first-order valence-corrected chi connectivity index (χ1v) is 9.47. The second-order valence-corrected chi connectivity index (χ2v) is 7.15. The number of carboxylic acid groups (broad SMARTS) is 1. The minimum Gasteiger partial charge on any atom is -0.481 e.